The fraction of sp³-hybridized carbons (Fsp3) is 0.350. The number of hydrogen-bond donors (Lipinski definition) is 1. The molecule has 0 aliphatic carbocycles. The van der Waals surface area contributed by atoms with Gasteiger partial charge in [-0.25, -0.2) is 4.98 Å². The fourth-order valence-corrected chi connectivity index (χ4v) is 4.03. The number of para-hydroxylation sites is 1. The van der Waals surface area contributed by atoms with Crippen molar-refractivity contribution in [1.29, 1.82) is 0 Å². The second kappa shape index (κ2) is 7.68. The molecule has 0 bridgehead atoms. The lowest BCUT2D eigenvalue weighted by molar-refractivity contribution is 0.0787. The van der Waals surface area contributed by atoms with Gasteiger partial charge in [-0.15, -0.1) is 0 Å². The average Bonchev–Trinajstić information content (AvgIpc) is 3.23. The Morgan fingerprint density at radius 1 is 1.11 bits per heavy atom. The molecule has 0 saturated carbocycles. The number of benzene rings is 1. The topological polar surface area (TPSA) is 71.5 Å². The molecule has 3 heterocycles. The van der Waals surface area contributed by atoms with Crippen LogP contribution in [-0.2, 0) is 0 Å². The summed E-state index contributed by atoms with van der Waals surface area (Å²) in [5, 5.41) is 3.03. The molecule has 1 aromatic heterocycles. The van der Waals surface area contributed by atoms with Gasteiger partial charge in [0.2, 0.25) is 0 Å². The third-order valence-corrected chi connectivity index (χ3v) is 5.55. The van der Waals surface area contributed by atoms with Crippen molar-refractivity contribution in [3.8, 4) is 5.75 Å². The number of hydrogen-bond acceptors (Lipinski definition) is 4. The first-order valence-corrected chi connectivity index (χ1v) is 9.91. The number of pyridine rings is 1. The largest absolute Gasteiger partial charge is 0.492 e. The minimum Gasteiger partial charge on any atom is -0.492 e. The zero-order chi connectivity index (χ0) is 18.8. The quantitative estimate of drug-likeness (QED) is 0.811. The molecule has 4 rings (SSSR count). The standard InChI is InChI=1S/C20H20BrN3O3/c21-14-6-3-5-13-15(9-12-27-18(13)14)23-19(25)16-7-4-8-17(22-16)20(26)24-10-1-2-11-24/h3-8,15H,1-2,9-12H2,(H,23,25). The van der Waals surface area contributed by atoms with Crippen LogP contribution in [0.2, 0.25) is 0 Å². The molecule has 1 unspecified atom stereocenters. The van der Waals surface area contributed by atoms with Crippen molar-refractivity contribution in [2.45, 2.75) is 25.3 Å². The maximum absolute atomic E-state index is 12.8. The molecule has 1 fully saturated rings. The van der Waals surface area contributed by atoms with Gasteiger partial charge in [0.1, 0.15) is 17.1 Å². The zero-order valence-electron chi connectivity index (χ0n) is 14.8. The number of likely N-dealkylation sites (tertiary alicyclic amines) is 1. The molecule has 1 atom stereocenters. The number of nitrogens with one attached hydrogen (secondary N) is 1. The molecule has 1 aromatic carbocycles. The Hall–Kier alpha value is -2.41. The van der Waals surface area contributed by atoms with Crippen LogP contribution >= 0.6 is 15.9 Å². The van der Waals surface area contributed by atoms with E-state index in [0.717, 1.165) is 41.7 Å². The molecular formula is C20H20BrN3O3. The number of ether oxygens (including phenoxy) is 1. The van der Waals surface area contributed by atoms with Crippen LogP contribution in [0.25, 0.3) is 0 Å². The van der Waals surface area contributed by atoms with Gasteiger partial charge in [-0.2, -0.15) is 0 Å². The SMILES string of the molecule is O=C(NC1CCOc2c(Br)cccc21)c1cccc(C(=O)N2CCCC2)n1. The van der Waals surface area contributed by atoms with Gasteiger partial charge in [0.05, 0.1) is 17.1 Å². The van der Waals surface area contributed by atoms with Crippen molar-refractivity contribution in [3.05, 3.63) is 57.8 Å². The molecule has 1 saturated heterocycles. The molecule has 0 radical (unpaired) electrons. The molecule has 6 nitrogen and oxygen atoms in total. The highest BCUT2D eigenvalue weighted by Gasteiger charge is 2.26. The third kappa shape index (κ3) is 3.69. The first kappa shape index (κ1) is 18.0. The van der Waals surface area contributed by atoms with Crippen LogP contribution < -0.4 is 10.1 Å². The monoisotopic (exact) mass is 429 g/mol. The first-order chi connectivity index (χ1) is 13.1. The van der Waals surface area contributed by atoms with Crippen LogP contribution in [-0.4, -0.2) is 41.4 Å². The summed E-state index contributed by atoms with van der Waals surface area (Å²) in [7, 11) is 0. The van der Waals surface area contributed by atoms with E-state index in [0.29, 0.717) is 18.7 Å². The Kier molecular flexibility index (Phi) is 5.11. The summed E-state index contributed by atoms with van der Waals surface area (Å²) in [6.07, 6.45) is 2.72. The van der Waals surface area contributed by atoms with Crippen molar-refractivity contribution in [2.75, 3.05) is 19.7 Å². The van der Waals surface area contributed by atoms with Crippen molar-refractivity contribution < 1.29 is 14.3 Å². The number of halogens is 1. The van der Waals surface area contributed by atoms with Crippen molar-refractivity contribution in [3.63, 3.8) is 0 Å². The van der Waals surface area contributed by atoms with Gasteiger partial charge in [-0.1, -0.05) is 18.2 Å². The smallest absolute Gasteiger partial charge is 0.272 e. The van der Waals surface area contributed by atoms with Gasteiger partial charge in [-0.3, -0.25) is 9.59 Å². The summed E-state index contributed by atoms with van der Waals surface area (Å²) in [4.78, 5) is 31.4. The molecule has 2 aromatic rings. The Morgan fingerprint density at radius 3 is 2.67 bits per heavy atom. The van der Waals surface area contributed by atoms with Crippen LogP contribution in [0.5, 0.6) is 5.75 Å². The van der Waals surface area contributed by atoms with E-state index in [9.17, 15) is 9.59 Å². The van der Waals surface area contributed by atoms with Gasteiger partial charge in [-0.05, 0) is 47.0 Å². The Bertz CT molecular complexity index is 881. The molecule has 2 aliphatic heterocycles. The lowest BCUT2D eigenvalue weighted by Crippen LogP contribution is -2.33. The second-order valence-corrected chi connectivity index (χ2v) is 7.58. The number of nitrogens with zero attached hydrogens (tertiary/aromatic N) is 2. The van der Waals surface area contributed by atoms with Gasteiger partial charge < -0.3 is 15.0 Å². The molecule has 0 spiro atoms. The normalized spacial score (nSPS) is 18.6. The molecule has 27 heavy (non-hydrogen) atoms. The van der Waals surface area contributed by atoms with Crippen LogP contribution in [0.15, 0.2) is 40.9 Å². The third-order valence-electron chi connectivity index (χ3n) is 4.93. The van der Waals surface area contributed by atoms with Crippen LogP contribution in [0.4, 0.5) is 0 Å². The highest BCUT2D eigenvalue weighted by Crippen LogP contribution is 2.37. The minimum absolute atomic E-state index is 0.109. The molecule has 2 amide bonds. The minimum atomic E-state index is -0.288. The van der Waals surface area contributed by atoms with E-state index < -0.39 is 0 Å². The van der Waals surface area contributed by atoms with Crippen molar-refractivity contribution in [1.82, 2.24) is 15.2 Å². The number of rotatable bonds is 3. The van der Waals surface area contributed by atoms with Gasteiger partial charge in [0.15, 0.2) is 0 Å². The maximum Gasteiger partial charge on any atom is 0.272 e. The highest BCUT2D eigenvalue weighted by atomic mass is 79.9. The second-order valence-electron chi connectivity index (χ2n) is 6.73. The summed E-state index contributed by atoms with van der Waals surface area (Å²) in [5.74, 6) is 0.367. The predicted octanol–water partition coefficient (Wildman–Crippen LogP) is 3.33. The number of carbonyl (C=O) groups is 2. The van der Waals surface area contributed by atoms with E-state index in [1.54, 1.807) is 23.1 Å². The summed E-state index contributed by atoms with van der Waals surface area (Å²) in [6.45, 7) is 2.04. The van der Waals surface area contributed by atoms with E-state index >= 15 is 0 Å². The summed E-state index contributed by atoms with van der Waals surface area (Å²) in [6, 6.07) is 10.6. The van der Waals surface area contributed by atoms with E-state index in [-0.39, 0.29) is 23.6 Å². The van der Waals surface area contributed by atoms with E-state index in [4.69, 9.17) is 4.74 Å². The first-order valence-electron chi connectivity index (χ1n) is 9.12. The van der Waals surface area contributed by atoms with Gasteiger partial charge in [0.25, 0.3) is 11.8 Å². The average molecular weight is 430 g/mol. The van der Waals surface area contributed by atoms with E-state index in [2.05, 4.69) is 26.2 Å². The number of amides is 2. The van der Waals surface area contributed by atoms with Crippen molar-refractivity contribution in [2.24, 2.45) is 0 Å². The highest BCUT2D eigenvalue weighted by molar-refractivity contribution is 9.10. The van der Waals surface area contributed by atoms with Gasteiger partial charge in [0, 0.05) is 25.1 Å². The summed E-state index contributed by atoms with van der Waals surface area (Å²) in [5.41, 5.74) is 1.51. The fourth-order valence-electron chi connectivity index (χ4n) is 3.53. The number of carbonyl (C=O) groups excluding carboxylic acids is 2. The zero-order valence-corrected chi connectivity index (χ0v) is 16.4. The number of fused-ring (bicyclic) bond motifs is 1. The van der Waals surface area contributed by atoms with Crippen LogP contribution in [0.3, 0.4) is 0 Å². The van der Waals surface area contributed by atoms with Crippen LogP contribution in [0.1, 0.15) is 51.8 Å². The summed E-state index contributed by atoms with van der Waals surface area (Å²) >= 11 is 3.49. The van der Waals surface area contributed by atoms with E-state index in [1.165, 1.54) is 0 Å². The molecule has 1 N–H and O–H groups in total. The lowest BCUT2D eigenvalue weighted by Gasteiger charge is -2.27. The molecule has 140 valence electrons. The lowest BCUT2D eigenvalue weighted by atomic mass is 10.0. The molecule has 7 heteroatoms. The Labute approximate surface area is 166 Å². The molecule has 2 aliphatic rings. The number of aromatic nitrogens is 1. The molecular weight excluding hydrogens is 410 g/mol. The maximum atomic E-state index is 12.8. The Balaban J connectivity index is 1.52. The predicted molar refractivity (Wildman–Crippen MR) is 104 cm³/mol. The van der Waals surface area contributed by atoms with Crippen LogP contribution in [0, 0.1) is 0 Å². The Morgan fingerprint density at radius 2 is 1.85 bits per heavy atom. The summed E-state index contributed by atoms with van der Waals surface area (Å²) < 4.78 is 6.59. The van der Waals surface area contributed by atoms with Crippen molar-refractivity contribution >= 4 is 27.7 Å². The van der Waals surface area contributed by atoms with Gasteiger partial charge >= 0.3 is 0 Å². The van der Waals surface area contributed by atoms with E-state index in [1.807, 2.05) is 18.2 Å².